The number of benzene rings is 1. The Morgan fingerprint density at radius 3 is 2.65 bits per heavy atom. The molecule has 0 heterocycles. The summed E-state index contributed by atoms with van der Waals surface area (Å²) in [5, 5.41) is 12.3. The first-order valence-electron chi connectivity index (χ1n) is 7.58. The smallest absolute Gasteiger partial charge is 0.227 e. The zero-order valence-electron chi connectivity index (χ0n) is 12.4. The van der Waals surface area contributed by atoms with Gasteiger partial charge in [-0.05, 0) is 51.0 Å². The molecule has 2 rings (SSSR count). The van der Waals surface area contributed by atoms with Gasteiger partial charge in [-0.3, -0.25) is 4.79 Å². The van der Waals surface area contributed by atoms with Crippen molar-refractivity contribution in [2.24, 2.45) is 5.92 Å². The summed E-state index contributed by atoms with van der Waals surface area (Å²) in [6.07, 6.45) is 4.00. The molecule has 0 saturated heterocycles. The summed E-state index contributed by atoms with van der Waals surface area (Å²) in [5.74, 6) is 0.436. The molecule has 1 aromatic rings. The van der Waals surface area contributed by atoms with Crippen LogP contribution in [-0.4, -0.2) is 23.7 Å². The van der Waals surface area contributed by atoms with Gasteiger partial charge in [0.2, 0.25) is 5.91 Å². The van der Waals surface area contributed by atoms with E-state index in [-0.39, 0.29) is 24.5 Å². The summed E-state index contributed by atoms with van der Waals surface area (Å²) < 4.78 is 0. The molecule has 3 heteroatoms. The van der Waals surface area contributed by atoms with Crippen LogP contribution in [0.1, 0.15) is 49.7 Å². The van der Waals surface area contributed by atoms with E-state index in [9.17, 15) is 4.79 Å². The van der Waals surface area contributed by atoms with E-state index in [2.05, 4.69) is 11.4 Å². The number of aryl methyl sites for hydroxylation is 1. The van der Waals surface area contributed by atoms with E-state index in [0.717, 1.165) is 31.2 Å². The Balaban J connectivity index is 1.89. The second kappa shape index (κ2) is 6.89. The molecule has 0 aliphatic heterocycles. The van der Waals surface area contributed by atoms with Gasteiger partial charge in [-0.25, -0.2) is 0 Å². The fourth-order valence-electron chi connectivity index (χ4n) is 2.91. The summed E-state index contributed by atoms with van der Waals surface area (Å²) in [4.78, 5) is 12.3. The molecule has 1 atom stereocenters. The first kappa shape index (κ1) is 15.0. The molecule has 3 nitrogen and oxygen atoms in total. The molecule has 1 aliphatic rings. The van der Waals surface area contributed by atoms with Gasteiger partial charge in [-0.1, -0.05) is 29.8 Å². The van der Waals surface area contributed by atoms with Gasteiger partial charge in [0.1, 0.15) is 0 Å². The Kier molecular flexibility index (Phi) is 5.18. The van der Waals surface area contributed by atoms with Crippen LogP contribution in [0.4, 0.5) is 0 Å². The predicted octanol–water partition coefficient (Wildman–Crippen LogP) is 2.77. The monoisotopic (exact) mass is 275 g/mol. The molecule has 1 aliphatic carbocycles. The van der Waals surface area contributed by atoms with E-state index in [1.165, 1.54) is 5.56 Å². The summed E-state index contributed by atoms with van der Waals surface area (Å²) in [6, 6.07) is 8.41. The molecule has 1 fully saturated rings. The molecule has 0 bridgehead atoms. The molecule has 0 spiro atoms. The summed E-state index contributed by atoms with van der Waals surface area (Å²) >= 11 is 0. The highest BCUT2D eigenvalue weighted by atomic mass is 16.3. The summed E-state index contributed by atoms with van der Waals surface area (Å²) in [5.41, 5.74) is 2.26. The van der Waals surface area contributed by atoms with E-state index in [0.29, 0.717) is 5.92 Å². The molecule has 1 saturated carbocycles. The average molecular weight is 275 g/mol. The zero-order chi connectivity index (χ0) is 14.5. The van der Waals surface area contributed by atoms with Crippen molar-refractivity contribution in [1.29, 1.82) is 0 Å². The third-order valence-corrected chi connectivity index (χ3v) is 4.39. The van der Waals surface area contributed by atoms with Crippen molar-refractivity contribution >= 4 is 5.91 Å². The van der Waals surface area contributed by atoms with Gasteiger partial charge < -0.3 is 10.4 Å². The number of hydrogen-bond acceptors (Lipinski definition) is 2. The van der Waals surface area contributed by atoms with Crippen LogP contribution < -0.4 is 5.32 Å². The molecule has 1 unspecified atom stereocenters. The SMILES string of the molecule is Cc1cccc(C(C)C(=O)NC2CCC(CO)CC2)c1. The zero-order valence-corrected chi connectivity index (χ0v) is 12.4. The van der Waals surface area contributed by atoms with Crippen LogP contribution in [0, 0.1) is 12.8 Å². The second-order valence-electron chi connectivity index (χ2n) is 6.04. The third-order valence-electron chi connectivity index (χ3n) is 4.39. The first-order chi connectivity index (χ1) is 9.60. The van der Waals surface area contributed by atoms with Crippen molar-refractivity contribution in [1.82, 2.24) is 5.32 Å². The minimum Gasteiger partial charge on any atom is -0.396 e. The van der Waals surface area contributed by atoms with Gasteiger partial charge in [0.15, 0.2) is 0 Å². The van der Waals surface area contributed by atoms with Crippen LogP contribution in [0.25, 0.3) is 0 Å². The van der Waals surface area contributed by atoms with Crippen molar-refractivity contribution < 1.29 is 9.90 Å². The largest absolute Gasteiger partial charge is 0.396 e. The number of carbonyl (C=O) groups is 1. The number of rotatable bonds is 4. The van der Waals surface area contributed by atoms with Crippen LogP contribution in [-0.2, 0) is 4.79 Å². The topological polar surface area (TPSA) is 49.3 Å². The Morgan fingerprint density at radius 1 is 1.35 bits per heavy atom. The normalized spacial score (nSPS) is 24.1. The van der Waals surface area contributed by atoms with Crippen molar-refractivity contribution in [2.45, 2.75) is 51.5 Å². The molecule has 0 aromatic heterocycles. The van der Waals surface area contributed by atoms with Crippen molar-refractivity contribution in [3.8, 4) is 0 Å². The maximum absolute atomic E-state index is 12.3. The van der Waals surface area contributed by atoms with Gasteiger partial charge in [0.25, 0.3) is 0 Å². The lowest BCUT2D eigenvalue weighted by Gasteiger charge is -2.29. The Morgan fingerprint density at radius 2 is 2.05 bits per heavy atom. The average Bonchev–Trinajstić information content (AvgIpc) is 2.47. The van der Waals surface area contributed by atoms with Gasteiger partial charge in [-0.15, -0.1) is 0 Å². The first-order valence-corrected chi connectivity index (χ1v) is 7.58. The minimum atomic E-state index is -0.106. The molecular weight excluding hydrogens is 250 g/mol. The molecule has 0 radical (unpaired) electrons. The van der Waals surface area contributed by atoms with Gasteiger partial charge in [-0.2, -0.15) is 0 Å². The standard InChI is InChI=1S/C17H25NO2/c1-12-4-3-5-15(10-12)13(2)17(20)18-16-8-6-14(11-19)7-9-16/h3-5,10,13-14,16,19H,6-9,11H2,1-2H3,(H,18,20). The number of amides is 1. The Hall–Kier alpha value is -1.35. The van der Waals surface area contributed by atoms with Crippen LogP contribution in [0.5, 0.6) is 0 Å². The summed E-state index contributed by atoms with van der Waals surface area (Å²) in [6.45, 7) is 4.29. The van der Waals surface area contributed by atoms with Gasteiger partial charge in [0, 0.05) is 12.6 Å². The quantitative estimate of drug-likeness (QED) is 0.887. The number of aliphatic hydroxyl groups excluding tert-OH is 1. The lowest BCUT2D eigenvalue weighted by Crippen LogP contribution is -2.40. The molecule has 1 amide bonds. The van der Waals surface area contributed by atoms with Crippen molar-refractivity contribution in [3.63, 3.8) is 0 Å². The molecule has 20 heavy (non-hydrogen) atoms. The lowest BCUT2D eigenvalue weighted by molar-refractivity contribution is -0.123. The number of aliphatic hydroxyl groups is 1. The lowest BCUT2D eigenvalue weighted by atomic mass is 9.86. The van der Waals surface area contributed by atoms with E-state index in [1.54, 1.807) is 0 Å². The highest BCUT2D eigenvalue weighted by molar-refractivity contribution is 5.83. The van der Waals surface area contributed by atoms with E-state index in [4.69, 9.17) is 5.11 Å². The highest BCUT2D eigenvalue weighted by Gasteiger charge is 2.24. The maximum Gasteiger partial charge on any atom is 0.227 e. The number of carbonyl (C=O) groups excluding carboxylic acids is 1. The van der Waals surface area contributed by atoms with Gasteiger partial charge in [0.05, 0.1) is 5.92 Å². The van der Waals surface area contributed by atoms with Gasteiger partial charge >= 0.3 is 0 Å². The molecular formula is C17H25NO2. The Bertz CT molecular complexity index is 450. The van der Waals surface area contributed by atoms with Crippen LogP contribution in [0.3, 0.4) is 0 Å². The fraction of sp³-hybridized carbons (Fsp3) is 0.588. The van der Waals surface area contributed by atoms with Crippen molar-refractivity contribution in [2.75, 3.05) is 6.61 Å². The van der Waals surface area contributed by atoms with Crippen LogP contribution >= 0.6 is 0 Å². The number of nitrogens with one attached hydrogen (secondary N) is 1. The molecule has 1 aromatic carbocycles. The molecule has 110 valence electrons. The predicted molar refractivity (Wildman–Crippen MR) is 80.6 cm³/mol. The summed E-state index contributed by atoms with van der Waals surface area (Å²) in [7, 11) is 0. The highest BCUT2D eigenvalue weighted by Crippen LogP contribution is 2.24. The van der Waals surface area contributed by atoms with E-state index >= 15 is 0 Å². The number of hydrogen-bond donors (Lipinski definition) is 2. The fourth-order valence-corrected chi connectivity index (χ4v) is 2.91. The molecule has 2 N–H and O–H groups in total. The van der Waals surface area contributed by atoms with E-state index in [1.807, 2.05) is 32.0 Å². The third kappa shape index (κ3) is 3.83. The maximum atomic E-state index is 12.3. The Labute approximate surface area is 121 Å². The second-order valence-corrected chi connectivity index (χ2v) is 6.04. The van der Waals surface area contributed by atoms with Crippen molar-refractivity contribution in [3.05, 3.63) is 35.4 Å². The minimum absolute atomic E-state index is 0.106. The van der Waals surface area contributed by atoms with Crippen LogP contribution in [0.15, 0.2) is 24.3 Å². The van der Waals surface area contributed by atoms with E-state index < -0.39 is 0 Å². The van der Waals surface area contributed by atoms with Crippen LogP contribution in [0.2, 0.25) is 0 Å².